The molecule has 0 spiro atoms. The number of methoxy groups -OCH3 is 1. The molecule has 8 nitrogen and oxygen atoms in total. The van der Waals surface area contributed by atoms with Crippen LogP contribution in [-0.4, -0.2) is 31.0 Å². The normalized spacial score (nSPS) is 16.7. The van der Waals surface area contributed by atoms with Crippen LogP contribution in [0.15, 0.2) is 61.9 Å². The third-order valence-electron chi connectivity index (χ3n) is 5.73. The van der Waals surface area contributed by atoms with Gasteiger partial charge in [-0.05, 0) is 43.7 Å². The highest BCUT2D eigenvalue weighted by Crippen LogP contribution is 2.38. The number of carbonyl (C=O) groups is 1. The molecule has 35 heavy (non-hydrogen) atoms. The third kappa shape index (κ3) is 4.06. The summed E-state index contributed by atoms with van der Waals surface area (Å²) in [5.74, 6) is 1.29. The molecule has 0 fully saturated rings. The van der Waals surface area contributed by atoms with Gasteiger partial charge < -0.3 is 18.9 Å². The molecular weight excluding hydrogens is 536 g/mol. The lowest BCUT2D eigenvalue weighted by molar-refractivity contribution is -0.139. The van der Waals surface area contributed by atoms with Gasteiger partial charge in [0, 0.05) is 10.0 Å². The zero-order valence-corrected chi connectivity index (χ0v) is 21.6. The van der Waals surface area contributed by atoms with Gasteiger partial charge in [-0.1, -0.05) is 45.5 Å². The lowest BCUT2D eigenvalue weighted by Gasteiger charge is -2.25. The van der Waals surface area contributed by atoms with Crippen LogP contribution in [-0.2, 0) is 9.53 Å². The molecule has 180 valence electrons. The molecule has 0 saturated carbocycles. The molecular formula is C25H21BrN2O6S. The van der Waals surface area contributed by atoms with Crippen LogP contribution in [0.5, 0.6) is 17.2 Å². The van der Waals surface area contributed by atoms with Crippen LogP contribution >= 0.6 is 27.3 Å². The number of aromatic nitrogens is 1. The van der Waals surface area contributed by atoms with Crippen molar-refractivity contribution in [2.24, 2.45) is 4.99 Å². The highest BCUT2D eigenvalue weighted by molar-refractivity contribution is 9.10. The van der Waals surface area contributed by atoms with E-state index in [0.29, 0.717) is 43.4 Å². The maximum absolute atomic E-state index is 13.8. The van der Waals surface area contributed by atoms with Crippen molar-refractivity contribution in [2.45, 2.75) is 19.9 Å². The predicted octanol–water partition coefficient (Wildman–Crippen LogP) is 3.30. The Balaban J connectivity index is 1.74. The molecule has 3 aromatic rings. The molecule has 0 saturated heterocycles. The highest BCUT2D eigenvalue weighted by atomic mass is 79.9. The molecule has 0 aliphatic carbocycles. The maximum Gasteiger partial charge on any atom is 0.338 e. The number of benzene rings is 2. The van der Waals surface area contributed by atoms with Crippen molar-refractivity contribution in [3.8, 4) is 17.2 Å². The van der Waals surface area contributed by atoms with Crippen molar-refractivity contribution in [3.63, 3.8) is 0 Å². The van der Waals surface area contributed by atoms with Crippen molar-refractivity contribution < 1.29 is 23.7 Å². The van der Waals surface area contributed by atoms with Gasteiger partial charge in [-0.2, -0.15) is 0 Å². The van der Waals surface area contributed by atoms with E-state index in [9.17, 15) is 9.59 Å². The van der Waals surface area contributed by atoms with Gasteiger partial charge in [-0.25, -0.2) is 9.79 Å². The average Bonchev–Trinajstić information content (AvgIpc) is 3.42. The van der Waals surface area contributed by atoms with E-state index >= 15 is 0 Å². The Hall–Kier alpha value is -3.37. The van der Waals surface area contributed by atoms with Crippen LogP contribution in [0.1, 0.15) is 31.0 Å². The monoisotopic (exact) mass is 556 g/mol. The average molecular weight is 557 g/mol. The number of thiazole rings is 1. The second-order valence-corrected chi connectivity index (χ2v) is 9.63. The number of nitrogens with zero attached hydrogens (tertiary/aromatic N) is 2. The fourth-order valence-corrected chi connectivity index (χ4v) is 5.64. The zero-order valence-electron chi connectivity index (χ0n) is 19.2. The second kappa shape index (κ2) is 9.35. The van der Waals surface area contributed by atoms with Gasteiger partial charge in [0.2, 0.25) is 6.79 Å². The lowest BCUT2D eigenvalue weighted by atomic mass is 9.95. The zero-order chi connectivity index (χ0) is 24.7. The van der Waals surface area contributed by atoms with E-state index in [0.717, 1.165) is 10.0 Å². The Labute approximate surface area is 212 Å². The number of carbonyl (C=O) groups excluding carboxylic acids is 1. The smallest absolute Gasteiger partial charge is 0.338 e. The maximum atomic E-state index is 13.8. The molecule has 5 rings (SSSR count). The Morgan fingerprint density at radius 2 is 2.03 bits per heavy atom. The molecule has 0 amide bonds. The summed E-state index contributed by atoms with van der Waals surface area (Å²) >= 11 is 4.80. The first-order chi connectivity index (χ1) is 16.9. The molecule has 2 aromatic carbocycles. The van der Waals surface area contributed by atoms with Gasteiger partial charge in [0.05, 0.1) is 29.5 Å². The number of hydrogen-bond acceptors (Lipinski definition) is 8. The van der Waals surface area contributed by atoms with Gasteiger partial charge in [0.25, 0.3) is 5.56 Å². The first kappa shape index (κ1) is 23.4. The molecule has 1 aromatic heterocycles. The molecule has 0 N–H and O–H groups in total. The Morgan fingerprint density at radius 1 is 1.29 bits per heavy atom. The number of rotatable bonds is 5. The first-order valence-electron chi connectivity index (χ1n) is 10.8. The minimum atomic E-state index is -0.746. The van der Waals surface area contributed by atoms with Crippen molar-refractivity contribution in [3.05, 3.63) is 83.0 Å². The van der Waals surface area contributed by atoms with Gasteiger partial charge in [0.15, 0.2) is 16.3 Å². The van der Waals surface area contributed by atoms with Crippen LogP contribution in [0.4, 0.5) is 0 Å². The second-order valence-electron chi connectivity index (χ2n) is 7.77. The van der Waals surface area contributed by atoms with E-state index in [1.807, 2.05) is 30.3 Å². The van der Waals surface area contributed by atoms with Gasteiger partial charge in [-0.3, -0.25) is 9.36 Å². The quantitative estimate of drug-likeness (QED) is 0.448. The number of hydrogen-bond donors (Lipinski definition) is 0. The minimum Gasteiger partial charge on any atom is -0.496 e. The van der Waals surface area contributed by atoms with E-state index in [1.165, 1.54) is 15.9 Å². The summed E-state index contributed by atoms with van der Waals surface area (Å²) in [5.41, 5.74) is 1.96. The van der Waals surface area contributed by atoms with Crippen molar-refractivity contribution in [1.29, 1.82) is 0 Å². The van der Waals surface area contributed by atoms with Gasteiger partial charge >= 0.3 is 5.97 Å². The van der Waals surface area contributed by atoms with Crippen molar-refractivity contribution in [1.82, 2.24) is 4.57 Å². The number of fused-ring (bicyclic) bond motifs is 2. The summed E-state index contributed by atoms with van der Waals surface area (Å²) in [4.78, 5) is 31.9. The highest BCUT2D eigenvalue weighted by Gasteiger charge is 2.35. The van der Waals surface area contributed by atoms with E-state index < -0.39 is 12.0 Å². The lowest BCUT2D eigenvalue weighted by Crippen LogP contribution is -2.40. The predicted molar refractivity (Wildman–Crippen MR) is 134 cm³/mol. The molecule has 10 heteroatoms. The van der Waals surface area contributed by atoms with E-state index in [-0.39, 0.29) is 19.0 Å². The third-order valence-corrected chi connectivity index (χ3v) is 7.40. The Kier molecular flexibility index (Phi) is 6.24. The fourth-order valence-electron chi connectivity index (χ4n) is 4.16. The van der Waals surface area contributed by atoms with Crippen molar-refractivity contribution in [2.75, 3.05) is 20.5 Å². The molecule has 0 unspecified atom stereocenters. The molecule has 2 aliphatic rings. The van der Waals surface area contributed by atoms with Crippen LogP contribution in [0.25, 0.3) is 6.08 Å². The summed E-state index contributed by atoms with van der Waals surface area (Å²) in [6, 6.07) is 10.2. The minimum absolute atomic E-state index is 0.155. The molecule has 0 bridgehead atoms. The summed E-state index contributed by atoms with van der Waals surface area (Å²) in [7, 11) is 1.56. The number of esters is 1. The van der Waals surface area contributed by atoms with Crippen molar-refractivity contribution >= 4 is 39.3 Å². The SMILES string of the molecule is CCOC(=O)C1=C(C)N=c2s/c(=C/c3cc4c(cc3Br)OCO4)c(=O)n2[C@@H]1c1ccccc1OC. The first-order valence-corrected chi connectivity index (χ1v) is 12.5. The number of ether oxygens (including phenoxy) is 4. The molecule has 0 radical (unpaired) electrons. The van der Waals surface area contributed by atoms with E-state index in [1.54, 1.807) is 33.1 Å². The van der Waals surface area contributed by atoms with E-state index in [4.69, 9.17) is 18.9 Å². The summed E-state index contributed by atoms with van der Waals surface area (Å²) < 4.78 is 24.6. The summed E-state index contributed by atoms with van der Waals surface area (Å²) in [6.07, 6.45) is 1.78. The molecule has 1 atom stereocenters. The fraction of sp³-hybridized carbons (Fsp3) is 0.240. The Morgan fingerprint density at radius 3 is 2.77 bits per heavy atom. The number of halogens is 1. The van der Waals surface area contributed by atoms with Gasteiger partial charge in [-0.15, -0.1) is 0 Å². The topological polar surface area (TPSA) is 88.4 Å². The van der Waals surface area contributed by atoms with Crippen LogP contribution in [0.2, 0.25) is 0 Å². The standard InChI is InChI=1S/C25H21BrN2O6S/c1-4-32-24(30)21-13(2)27-25-28(22(21)15-7-5-6-8-17(15)31-3)23(29)20(35-25)10-14-9-18-19(11-16(14)26)34-12-33-18/h5-11,22H,4,12H2,1-3H3/b20-10+/t22-/m1/s1. The van der Waals surface area contributed by atoms with Gasteiger partial charge in [0.1, 0.15) is 11.8 Å². The summed E-state index contributed by atoms with van der Waals surface area (Å²) in [6.45, 7) is 3.85. The molecule has 2 aliphatic heterocycles. The van der Waals surface area contributed by atoms with Crippen LogP contribution in [0, 0.1) is 0 Å². The summed E-state index contributed by atoms with van der Waals surface area (Å²) in [5, 5.41) is 0. The van der Waals surface area contributed by atoms with Crippen LogP contribution in [0.3, 0.4) is 0 Å². The van der Waals surface area contributed by atoms with Crippen LogP contribution < -0.4 is 29.1 Å². The number of para-hydroxylation sites is 1. The molecule has 3 heterocycles. The number of allylic oxidation sites excluding steroid dienone is 1. The van der Waals surface area contributed by atoms with E-state index in [2.05, 4.69) is 20.9 Å². The Bertz CT molecular complexity index is 1550. The largest absolute Gasteiger partial charge is 0.496 e.